The van der Waals surface area contributed by atoms with Crippen molar-refractivity contribution in [3.05, 3.63) is 54.2 Å². The number of fused-ring (bicyclic) bond motifs is 1. The molecule has 9 nitrogen and oxygen atoms in total. The van der Waals surface area contributed by atoms with E-state index in [1.807, 2.05) is 36.0 Å². The molecule has 0 saturated carbocycles. The molecular formula is C23H24N4O5. The van der Waals surface area contributed by atoms with Crippen molar-refractivity contribution in [1.82, 2.24) is 14.8 Å². The molecule has 4 amide bonds. The van der Waals surface area contributed by atoms with Crippen molar-refractivity contribution in [3.8, 4) is 11.5 Å². The number of rotatable bonds is 7. The van der Waals surface area contributed by atoms with Gasteiger partial charge in [0.25, 0.3) is 5.91 Å². The van der Waals surface area contributed by atoms with Crippen LogP contribution in [0.5, 0.6) is 11.5 Å². The number of carbonyl (C=O) groups excluding carboxylic acids is 3. The maximum absolute atomic E-state index is 12.8. The van der Waals surface area contributed by atoms with Crippen LogP contribution in [0.4, 0.5) is 10.5 Å². The summed E-state index contributed by atoms with van der Waals surface area (Å²) in [6, 6.07) is 11.2. The number of methoxy groups -OCH3 is 2. The molecule has 0 spiro atoms. The second-order valence-electron chi connectivity index (χ2n) is 7.53. The highest BCUT2D eigenvalue weighted by Gasteiger charge is 2.39. The summed E-state index contributed by atoms with van der Waals surface area (Å²) in [6.45, 7) is 0.0620. The highest BCUT2D eigenvalue weighted by molar-refractivity contribution is 6.08. The lowest BCUT2D eigenvalue weighted by Crippen LogP contribution is -2.34. The number of nitrogens with zero attached hydrogens (tertiary/aromatic N) is 2. The van der Waals surface area contributed by atoms with Crippen molar-refractivity contribution >= 4 is 34.4 Å². The summed E-state index contributed by atoms with van der Waals surface area (Å²) in [4.78, 5) is 38.9. The largest absolute Gasteiger partial charge is 0.493 e. The minimum Gasteiger partial charge on any atom is -0.493 e. The number of hydrogen-bond acceptors (Lipinski definition) is 5. The van der Waals surface area contributed by atoms with E-state index in [-0.39, 0.29) is 18.9 Å². The number of imide groups is 1. The predicted octanol–water partition coefficient (Wildman–Crippen LogP) is 2.64. The smallest absolute Gasteiger partial charge is 0.325 e. The number of amides is 4. The van der Waals surface area contributed by atoms with Crippen LogP contribution in [-0.2, 0) is 23.2 Å². The number of aryl methyl sites for hydroxylation is 1. The maximum atomic E-state index is 12.8. The first-order chi connectivity index (χ1) is 15.4. The van der Waals surface area contributed by atoms with Gasteiger partial charge in [-0.25, -0.2) is 4.79 Å². The van der Waals surface area contributed by atoms with Crippen molar-refractivity contribution in [2.24, 2.45) is 7.05 Å². The Labute approximate surface area is 184 Å². The van der Waals surface area contributed by atoms with E-state index in [0.29, 0.717) is 22.7 Å². The summed E-state index contributed by atoms with van der Waals surface area (Å²) in [5, 5.41) is 6.35. The van der Waals surface area contributed by atoms with Crippen LogP contribution < -0.4 is 20.1 Å². The van der Waals surface area contributed by atoms with Gasteiger partial charge < -0.3 is 24.7 Å². The van der Waals surface area contributed by atoms with Crippen LogP contribution in [0, 0.1) is 0 Å². The van der Waals surface area contributed by atoms with Gasteiger partial charge in [-0.2, -0.15) is 0 Å². The van der Waals surface area contributed by atoms with Gasteiger partial charge in [-0.15, -0.1) is 0 Å². The fraction of sp³-hybridized carbons (Fsp3) is 0.261. The van der Waals surface area contributed by atoms with Gasteiger partial charge in [0, 0.05) is 24.1 Å². The summed E-state index contributed by atoms with van der Waals surface area (Å²) in [6.07, 6.45) is 1.75. The van der Waals surface area contributed by atoms with Crippen molar-refractivity contribution in [2.75, 3.05) is 19.5 Å². The lowest BCUT2D eigenvalue weighted by atomic mass is 10.1. The van der Waals surface area contributed by atoms with E-state index in [1.54, 1.807) is 24.3 Å². The number of carbonyl (C=O) groups is 3. The molecule has 0 radical (unpaired) electrons. The Morgan fingerprint density at radius 2 is 1.88 bits per heavy atom. The molecule has 0 aliphatic carbocycles. The Balaban J connectivity index is 1.43. The Bertz CT molecular complexity index is 1200. The Morgan fingerprint density at radius 1 is 1.09 bits per heavy atom. The summed E-state index contributed by atoms with van der Waals surface area (Å²) in [7, 11) is 4.97. The summed E-state index contributed by atoms with van der Waals surface area (Å²) in [5.41, 5.74) is 2.34. The van der Waals surface area contributed by atoms with Crippen LogP contribution in [0.3, 0.4) is 0 Å². The number of benzene rings is 2. The summed E-state index contributed by atoms with van der Waals surface area (Å²) >= 11 is 0. The molecule has 166 valence electrons. The van der Waals surface area contributed by atoms with Crippen LogP contribution in [0.1, 0.15) is 12.0 Å². The third kappa shape index (κ3) is 3.96. The zero-order valence-electron chi connectivity index (χ0n) is 18.0. The number of aromatic nitrogens is 1. The minimum atomic E-state index is -0.919. The highest BCUT2D eigenvalue weighted by atomic mass is 16.5. The van der Waals surface area contributed by atoms with Gasteiger partial charge in [0.1, 0.15) is 6.04 Å². The molecule has 1 saturated heterocycles. The predicted molar refractivity (Wildman–Crippen MR) is 119 cm³/mol. The van der Waals surface area contributed by atoms with Crippen LogP contribution >= 0.6 is 0 Å². The van der Waals surface area contributed by atoms with Crippen molar-refractivity contribution in [1.29, 1.82) is 0 Å². The first-order valence-electron chi connectivity index (χ1n) is 10.1. The minimum absolute atomic E-state index is 0.0620. The van der Waals surface area contributed by atoms with Gasteiger partial charge in [0.2, 0.25) is 5.91 Å². The summed E-state index contributed by atoms with van der Waals surface area (Å²) < 4.78 is 12.4. The number of anilines is 1. The molecule has 1 aliphatic heterocycles. The number of urea groups is 1. The van der Waals surface area contributed by atoms with Gasteiger partial charge in [-0.1, -0.05) is 12.1 Å². The third-order valence-corrected chi connectivity index (χ3v) is 5.49. The fourth-order valence-electron chi connectivity index (χ4n) is 3.82. The Morgan fingerprint density at radius 3 is 2.62 bits per heavy atom. The molecule has 1 aromatic heterocycles. The molecular weight excluding hydrogens is 412 g/mol. The topological polar surface area (TPSA) is 102 Å². The number of ether oxygens (including phenoxy) is 2. The lowest BCUT2D eigenvalue weighted by Gasteiger charge is -2.15. The molecule has 9 heteroatoms. The molecule has 0 bridgehead atoms. The molecule has 1 fully saturated rings. The van der Waals surface area contributed by atoms with Crippen molar-refractivity contribution in [2.45, 2.75) is 19.0 Å². The van der Waals surface area contributed by atoms with Crippen LogP contribution in [0.2, 0.25) is 0 Å². The zero-order valence-corrected chi connectivity index (χ0v) is 18.0. The van der Waals surface area contributed by atoms with Crippen molar-refractivity contribution in [3.63, 3.8) is 0 Å². The highest BCUT2D eigenvalue weighted by Crippen LogP contribution is 2.29. The van der Waals surface area contributed by atoms with Gasteiger partial charge in [-0.05, 0) is 35.9 Å². The molecule has 2 heterocycles. The van der Waals surface area contributed by atoms with Gasteiger partial charge in [0.15, 0.2) is 11.5 Å². The van der Waals surface area contributed by atoms with Gasteiger partial charge in [0.05, 0.1) is 32.9 Å². The van der Waals surface area contributed by atoms with E-state index >= 15 is 0 Å². The average molecular weight is 436 g/mol. The van der Waals surface area contributed by atoms with Gasteiger partial charge >= 0.3 is 6.03 Å². The lowest BCUT2D eigenvalue weighted by molar-refractivity contribution is -0.130. The van der Waals surface area contributed by atoms with E-state index in [9.17, 15) is 14.4 Å². The molecule has 0 unspecified atom stereocenters. The van der Waals surface area contributed by atoms with Crippen molar-refractivity contribution < 1.29 is 23.9 Å². The molecule has 32 heavy (non-hydrogen) atoms. The second kappa shape index (κ2) is 8.62. The average Bonchev–Trinajstić information content (AvgIpc) is 3.29. The first kappa shape index (κ1) is 21.2. The number of nitrogens with one attached hydrogen (secondary N) is 2. The van der Waals surface area contributed by atoms with Crippen LogP contribution in [0.15, 0.2) is 48.7 Å². The van der Waals surface area contributed by atoms with Crippen LogP contribution in [-0.4, -0.2) is 47.6 Å². The zero-order chi connectivity index (χ0) is 22.8. The third-order valence-electron chi connectivity index (χ3n) is 5.49. The number of hydrogen-bond donors (Lipinski definition) is 2. The molecule has 1 atom stereocenters. The standard InChI is InChI=1S/C23H24N4O5/c1-26-10-9-15-16(5-4-6-18(15)26)24-21(28)12-17-22(29)27(23(30)25-17)13-14-7-8-19(31-2)20(11-14)32-3/h4-11,17H,12-13H2,1-3H3,(H,24,28)(H,25,30)/t17-/m1/s1. The second-order valence-corrected chi connectivity index (χ2v) is 7.53. The van der Waals surface area contributed by atoms with E-state index in [4.69, 9.17) is 9.47 Å². The SMILES string of the molecule is COc1ccc(CN2C(=O)N[C@H](CC(=O)Nc3cccc4c3ccn4C)C2=O)cc1OC. The monoisotopic (exact) mass is 436 g/mol. The molecule has 1 aliphatic rings. The Hall–Kier alpha value is -4.01. The molecule has 4 rings (SSSR count). The van der Waals surface area contributed by atoms with E-state index < -0.39 is 18.0 Å². The molecule has 3 aromatic rings. The first-order valence-corrected chi connectivity index (χ1v) is 10.1. The quantitative estimate of drug-likeness (QED) is 0.555. The molecule has 2 aromatic carbocycles. The normalized spacial score (nSPS) is 15.7. The fourth-order valence-corrected chi connectivity index (χ4v) is 3.82. The van der Waals surface area contributed by atoms with E-state index in [1.165, 1.54) is 14.2 Å². The van der Waals surface area contributed by atoms with Crippen LogP contribution in [0.25, 0.3) is 10.9 Å². The maximum Gasteiger partial charge on any atom is 0.325 e. The Kier molecular flexibility index (Phi) is 5.72. The van der Waals surface area contributed by atoms with Gasteiger partial charge in [-0.3, -0.25) is 14.5 Å². The van der Waals surface area contributed by atoms with E-state index in [0.717, 1.165) is 15.8 Å². The molecule has 2 N–H and O–H groups in total. The summed E-state index contributed by atoms with van der Waals surface area (Å²) in [5.74, 6) is 0.255. The van der Waals surface area contributed by atoms with E-state index in [2.05, 4.69) is 10.6 Å².